The number of thiazole rings is 1. The lowest BCUT2D eigenvalue weighted by molar-refractivity contribution is -0.141. The molecule has 84 valence electrons. The molecule has 0 fully saturated rings. The van der Waals surface area contributed by atoms with Crippen LogP contribution in [0.5, 0.6) is 0 Å². The summed E-state index contributed by atoms with van der Waals surface area (Å²) in [6, 6.07) is 0. The van der Waals surface area contributed by atoms with E-state index in [4.69, 9.17) is 10.8 Å². The van der Waals surface area contributed by atoms with E-state index in [0.29, 0.717) is 0 Å². The molecular formula is C7H8F3N2O2S+. The van der Waals surface area contributed by atoms with E-state index in [1.165, 1.54) is 0 Å². The standard InChI is InChI=1S/C7H7F3N2O2S/c1-2-15-3(5(13)14)4(7(8,9)10)12-6(15)11/h2H2,1H3,(H2-,11,12,13,14)/p+1. The summed E-state index contributed by atoms with van der Waals surface area (Å²) in [4.78, 5) is 13.1. The number of carboxylic acid groups (broad SMARTS) is 1. The summed E-state index contributed by atoms with van der Waals surface area (Å²) in [5.41, 5.74) is 3.88. The molecule has 1 aromatic rings. The van der Waals surface area contributed by atoms with Crippen molar-refractivity contribution < 1.29 is 23.1 Å². The summed E-state index contributed by atoms with van der Waals surface area (Å²) in [7, 11) is -1.24. The third-order valence-electron chi connectivity index (χ3n) is 1.69. The Balaban J connectivity index is 3.47. The molecule has 1 aromatic heterocycles. The predicted molar refractivity (Wildman–Crippen MR) is 48.8 cm³/mol. The first-order valence-electron chi connectivity index (χ1n) is 3.88. The molecule has 3 N–H and O–H groups in total. The fourth-order valence-corrected chi connectivity index (χ4v) is 2.73. The van der Waals surface area contributed by atoms with Gasteiger partial charge in [-0.1, -0.05) is 0 Å². The Morgan fingerprint density at radius 3 is 2.47 bits per heavy atom. The molecule has 0 aliphatic heterocycles. The fourth-order valence-electron chi connectivity index (χ4n) is 1.13. The van der Waals surface area contributed by atoms with Crippen LogP contribution in [-0.4, -0.2) is 16.1 Å². The number of alkyl halides is 3. The molecule has 1 rings (SSSR count). The maximum Gasteiger partial charge on any atom is 0.439 e. The van der Waals surface area contributed by atoms with E-state index in [1.54, 1.807) is 6.92 Å². The number of rotatable bonds is 2. The lowest BCUT2D eigenvalue weighted by Gasteiger charge is -1.99. The van der Waals surface area contributed by atoms with Gasteiger partial charge in [-0.15, -0.1) is 0 Å². The van der Waals surface area contributed by atoms with E-state index in [2.05, 4.69) is 4.98 Å². The average molecular weight is 241 g/mol. The highest BCUT2D eigenvalue weighted by Crippen LogP contribution is 2.41. The van der Waals surface area contributed by atoms with Crippen LogP contribution in [0.25, 0.3) is 0 Å². The zero-order valence-electron chi connectivity index (χ0n) is 7.63. The Labute approximate surface area is 85.5 Å². The number of hydrogen-bond acceptors (Lipinski definition) is 3. The molecule has 0 saturated heterocycles. The van der Waals surface area contributed by atoms with Crippen LogP contribution in [0, 0.1) is 0 Å². The topological polar surface area (TPSA) is 76.2 Å². The number of hydrogen-bond donors (Lipinski definition) is 2. The van der Waals surface area contributed by atoms with E-state index >= 15 is 0 Å². The van der Waals surface area contributed by atoms with Gasteiger partial charge in [0.05, 0.1) is 0 Å². The van der Waals surface area contributed by atoms with Crippen molar-refractivity contribution >= 4 is 21.6 Å². The molecule has 0 spiro atoms. The Hall–Kier alpha value is -1.31. The molecule has 4 nitrogen and oxygen atoms in total. The van der Waals surface area contributed by atoms with Crippen LogP contribution in [0.1, 0.15) is 22.3 Å². The van der Waals surface area contributed by atoms with Gasteiger partial charge in [-0.2, -0.15) is 18.2 Å². The molecule has 8 heteroatoms. The molecule has 0 bridgehead atoms. The number of nitrogens with zero attached hydrogens (tertiary/aromatic N) is 1. The lowest BCUT2D eigenvalue weighted by Crippen LogP contribution is -2.11. The van der Waals surface area contributed by atoms with Crippen LogP contribution in [0.15, 0.2) is 0 Å². The maximum atomic E-state index is 12.4. The van der Waals surface area contributed by atoms with Crippen molar-refractivity contribution in [1.82, 2.24) is 4.98 Å². The summed E-state index contributed by atoms with van der Waals surface area (Å²) >= 11 is 0. The van der Waals surface area contributed by atoms with Gasteiger partial charge in [-0.05, 0) is 6.92 Å². The van der Waals surface area contributed by atoms with E-state index in [1.807, 2.05) is 0 Å². The van der Waals surface area contributed by atoms with Crippen molar-refractivity contribution in [2.75, 3.05) is 5.73 Å². The number of aromatic carboxylic acids is 1. The second-order valence-corrected chi connectivity index (χ2v) is 4.80. The number of aromatic nitrogens is 1. The summed E-state index contributed by atoms with van der Waals surface area (Å²) in [6.07, 6.45) is -4.77. The van der Waals surface area contributed by atoms with Crippen LogP contribution >= 0.6 is 10.5 Å². The molecule has 1 unspecified atom stereocenters. The lowest BCUT2D eigenvalue weighted by atomic mass is 10.3. The molecule has 15 heavy (non-hydrogen) atoms. The quantitative estimate of drug-likeness (QED) is 0.778. The highest BCUT2D eigenvalue weighted by atomic mass is 32.2. The Kier molecular flexibility index (Phi) is 2.89. The Morgan fingerprint density at radius 1 is 1.60 bits per heavy atom. The molecule has 0 aliphatic rings. The minimum atomic E-state index is -4.77. The minimum absolute atomic E-state index is 0.205. The summed E-state index contributed by atoms with van der Waals surface area (Å²) in [6.45, 7) is 1.56. The van der Waals surface area contributed by atoms with Crippen LogP contribution in [0.2, 0.25) is 0 Å². The largest absolute Gasteiger partial charge is 0.474 e. The molecule has 1 heterocycles. The maximum absolute atomic E-state index is 12.4. The normalized spacial score (nSPS) is 12.9. The number of anilines is 1. The van der Waals surface area contributed by atoms with E-state index < -0.39 is 33.2 Å². The zero-order valence-corrected chi connectivity index (χ0v) is 8.45. The second-order valence-electron chi connectivity index (χ2n) is 2.61. The molecule has 0 radical (unpaired) electrons. The van der Waals surface area contributed by atoms with Gasteiger partial charge in [0.15, 0.2) is 0 Å². The van der Waals surface area contributed by atoms with Gasteiger partial charge >= 0.3 is 17.3 Å². The third kappa shape index (κ3) is 2.04. The number of nitrogen functional groups attached to an aromatic ring is 1. The van der Waals surface area contributed by atoms with Gasteiger partial charge in [0, 0.05) is 10.5 Å². The summed E-state index contributed by atoms with van der Waals surface area (Å²) < 4.78 is 37.1. The van der Waals surface area contributed by atoms with Gasteiger partial charge in [0.25, 0.3) is 4.88 Å². The predicted octanol–water partition coefficient (Wildman–Crippen LogP) is 2.15. The molecule has 1 atom stereocenters. The zero-order chi connectivity index (χ0) is 11.8. The van der Waals surface area contributed by atoms with Gasteiger partial charge in [-0.3, -0.25) is 0 Å². The molecule has 0 aliphatic carbocycles. The monoisotopic (exact) mass is 241 g/mol. The molecule has 0 amide bonds. The molecular weight excluding hydrogens is 233 g/mol. The number of halogens is 3. The van der Waals surface area contributed by atoms with Gasteiger partial charge in [-0.25, -0.2) is 4.79 Å². The first-order valence-corrected chi connectivity index (χ1v) is 5.28. The van der Waals surface area contributed by atoms with Gasteiger partial charge in [0.2, 0.25) is 5.69 Å². The SMILES string of the molecule is CC[s+]1c(N)nc(C(F)(F)F)c1C(=O)O. The van der Waals surface area contributed by atoms with Crippen molar-refractivity contribution in [1.29, 1.82) is 0 Å². The van der Waals surface area contributed by atoms with Crippen LogP contribution < -0.4 is 5.73 Å². The van der Waals surface area contributed by atoms with Crippen molar-refractivity contribution in [2.24, 2.45) is 0 Å². The first kappa shape index (κ1) is 11.8. The second kappa shape index (κ2) is 3.69. The minimum Gasteiger partial charge on any atom is -0.474 e. The van der Waals surface area contributed by atoms with E-state index in [-0.39, 0.29) is 10.9 Å². The average Bonchev–Trinajstić information content (AvgIpc) is 2.41. The fraction of sp³-hybridized carbons (Fsp3) is 0.429. The van der Waals surface area contributed by atoms with E-state index in [9.17, 15) is 18.0 Å². The van der Waals surface area contributed by atoms with Crippen LogP contribution in [0.3, 0.4) is 0 Å². The van der Waals surface area contributed by atoms with E-state index in [0.717, 1.165) is 0 Å². The van der Waals surface area contributed by atoms with Crippen molar-refractivity contribution in [2.45, 2.75) is 18.9 Å². The van der Waals surface area contributed by atoms with Crippen LogP contribution in [-0.2, 0) is 11.9 Å². The molecule has 0 saturated carbocycles. The van der Waals surface area contributed by atoms with Gasteiger partial charge in [0.1, 0.15) is 5.75 Å². The number of carboxylic acids is 1. The Bertz CT molecular complexity index is 400. The number of carbonyl (C=O) groups is 1. The molecule has 0 aromatic carbocycles. The smallest absolute Gasteiger partial charge is 0.439 e. The van der Waals surface area contributed by atoms with Crippen LogP contribution in [0.4, 0.5) is 18.3 Å². The highest BCUT2D eigenvalue weighted by molar-refractivity contribution is 7.35. The van der Waals surface area contributed by atoms with Crippen molar-refractivity contribution in [3.8, 4) is 0 Å². The summed E-state index contributed by atoms with van der Waals surface area (Å²) in [5, 5.41) is 8.42. The van der Waals surface area contributed by atoms with Gasteiger partial charge < -0.3 is 10.8 Å². The van der Waals surface area contributed by atoms with Crippen molar-refractivity contribution in [3.63, 3.8) is 0 Å². The Morgan fingerprint density at radius 2 is 2.13 bits per heavy atom. The first-order chi connectivity index (χ1) is 6.79. The summed E-state index contributed by atoms with van der Waals surface area (Å²) in [5.74, 6) is -1.41. The number of nitrogens with two attached hydrogens (primary N) is 1. The third-order valence-corrected chi connectivity index (χ3v) is 3.72. The highest BCUT2D eigenvalue weighted by Gasteiger charge is 2.46. The van der Waals surface area contributed by atoms with Crippen molar-refractivity contribution in [3.05, 3.63) is 10.6 Å².